The lowest BCUT2D eigenvalue weighted by Crippen LogP contribution is -2.49. The zero-order chi connectivity index (χ0) is 18.0. The Morgan fingerprint density at radius 3 is 2.76 bits per heavy atom. The molecule has 0 spiro atoms. The predicted molar refractivity (Wildman–Crippen MR) is 101 cm³/mol. The number of hydrogen-bond donors (Lipinski definition) is 2. The van der Waals surface area contributed by atoms with Crippen molar-refractivity contribution >= 4 is 35.8 Å². The van der Waals surface area contributed by atoms with E-state index in [4.69, 9.17) is 5.73 Å². The number of aromatic nitrogens is 4. The summed E-state index contributed by atoms with van der Waals surface area (Å²) < 4.78 is 1.93. The van der Waals surface area contributed by atoms with Crippen LogP contribution in [0.3, 0.4) is 0 Å². The summed E-state index contributed by atoms with van der Waals surface area (Å²) >= 11 is 1.43. The number of aromatic amines is 1. The number of likely N-dealkylation sites (tertiary alicyclic amines) is 1. The topological polar surface area (TPSA) is 100 Å². The second-order valence-corrected chi connectivity index (χ2v) is 7.56. The van der Waals surface area contributed by atoms with Crippen LogP contribution in [0.25, 0.3) is 0 Å². The number of rotatable bonds is 4. The number of imidazole rings is 1. The molecular weight excluding hydrogens is 336 g/mol. The number of nitrogens with one attached hydrogen (secondary N) is 1. The molecule has 0 bridgehead atoms. The Bertz CT molecular complexity index is 778. The lowest BCUT2D eigenvalue weighted by atomic mass is 9.91. The first-order valence-corrected chi connectivity index (χ1v) is 9.01. The van der Waals surface area contributed by atoms with E-state index in [1.54, 1.807) is 6.20 Å². The summed E-state index contributed by atoms with van der Waals surface area (Å²) in [5.74, 6) is 1.54. The van der Waals surface area contributed by atoms with Crippen LogP contribution in [0.1, 0.15) is 26.7 Å². The van der Waals surface area contributed by atoms with Crippen molar-refractivity contribution in [3.8, 4) is 0 Å². The molecule has 3 heterocycles. The van der Waals surface area contributed by atoms with Crippen LogP contribution in [0, 0.1) is 0 Å². The van der Waals surface area contributed by atoms with E-state index in [-0.39, 0.29) is 5.54 Å². The quantitative estimate of drug-likeness (QED) is 0.644. The number of aliphatic imine (C=N–C) groups is 2. The highest BCUT2D eigenvalue weighted by atomic mass is 32.2. The third-order valence-electron chi connectivity index (χ3n) is 4.45. The van der Waals surface area contributed by atoms with Crippen molar-refractivity contribution in [2.24, 2.45) is 22.8 Å². The molecule has 2 aromatic rings. The molecule has 1 saturated heterocycles. The fourth-order valence-corrected chi connectivity index (χ4v) is 3.55. The van der Waals surface area contributed by atoms with Crippen LogP contribution in [0.4, 0.5) is 11.5 Å². The van der Waals surface area contributed by atoms with Gasteiger partial charge in [-0.2, -0.15) is 5.10 Å². The Morgan fingerprint density at radius 1 is 1.44 bits per heavy atom. The van der Waals surface area contributed by atoms with Crippen molar-refractivity contribution in [1.82, 2.24) is 24.6 Å². The normalized spacial score (nSPS) is 17.8. The van der Waals surface area contributed by atoms with Gasteiger partial charge in [0, 0.05) is 38.1 Å². The molecule has 0 aromatic carbocycles. The first-order valence-electron chi connectivity index (χ1n) is 8.19. The van der Waals surface area contributed by atoms with Crippen LogP contribution in [0.2, 0.25) is 0 Å². The van der Waals surface area contributed by atoms with Crippen LogP contribution >= 0.6 is 11.8 Å². The third-order valence-corrected chi connectivity index (χ3v) is 5.50. The number of aryl methyl sites for hydroxylation is 1. The fourth-order valence-electron chi connectivity index (χ4n) is 2.71. The third kappa shape index (κ3) is 3.93. The molecule has 25 heavy (non-hydrogen) atoms. The van der Waals surface area contributed by atoms with Gasteiger partial charge < -0.3 is 15.2 Å². The Morgan fingerprint density at radius 2 is 2.16 bits per heavy atom. The minimum Gasteiger partial charge on any atom is -0.360 e. The lowest BCUT2D eigenvalue weighted by molar-refractivity contribution is 0.244. The van der Waals surface area contributed by atoms with E-state index in [1.807, 2.05) is 24.7 Å². The van der Waals surface area contributed by atoms with Crippen LogP contribution in [0.15, 0.2) is 32.6 Å². The second-order valence-electron chi connectivity index (χ2n) is 6.61. The maximum atomic E-state index is 6.20. The molecule has 3 rings (SSSR count). The molecule has 1 aliphatic rings. The number of hydrogen-bond acceptors (Lipinski definition) is 6. The molecular formula is C16H24N8S. The number of amidine groups is 1. The highest BCUT2D eigenvalue weighted by Crippen LogP contribution is 2.38. The summed E-state index contributed by atoms with van der Waals surface area (Å²) in [4.78, 5) is 15.3. The molecule has 0 radical (unpaired) electrons. The van der Waals surface area contributed by atoms with Gasteiger partial charge in [0.05, 0.1) is 0 Å². The average molecular weight is 360 g/mol. The number of nitrogens with two attached hydrogens (primary N) is 1. The highest BCUT2D eigenvalue weighted by Gasteiger charge is 2.26. The van der Waals surface area contributed by atoms with Crippen molar-refractivity contribution in [2.45, 2.75) is 42.4 Å². The van der Waals surface area contributed by atoms with Crippen molar-refractivity contribution < 1.29 is 0 Å². The van der Waals surface area contributed by atoms with Gasteiger partial charge in [-0.05, 0) is 45.2 Å². The Hall–Kier alpha value is -2.13. The van der Waals surface area contributed by atoms with E-state index in [0.29, 0.717) is 16.5 Å². The summed E-state index contributed by atoms with van der Waals surface area (Å²) in [5.41, 5.74) is 6.77. The van der Waals surface area contributed by atoms with Crippen LogP contribution in [-0.4, -0.2) is 55.8 Å². The lowest BCUT2D eigenvalue weighted by Gasteiger charge is -2.37. The van der Waals surface area contributed by atoms with Crippen LogP contribution < -0.4 is 5.73 Å². The maximum absolute atomic E-state index is 6.20. The van der Waals surface area contributed by atoms with Gasteiger partial charge in [-0.15, -0.1) is 0 Å². The Balaban J connectivity index is 1.78. The zero-order valence-corrected chi connectivity index (χ0v) is 15.7. The van der Waals surface area contributed by atoms with Crippen molar-refractivity contribution in [3.05, 3.63) is 12.4 Å². The maximum Gasteiger partial charge on any atom is 0.177 e. The first kappa shape index (κ1) is 17.7. The van der Waals surface area contributed by atoms with Gasteiger partial charge >= 0.3 is 0 Å². The smallest absolute Gasteiger partial charge is 0.177 e. The van der Waals surface area contributed by atoms with E-state index in [1.165, 1.54) is 11.8 Å². The average Bonchev–Trinajstić information content (AvgIpc) is 3.14. The van der Waals surface area contributed by atoms with Gasteiger partial charge in [0.2, 0.25) is 0 Å². The molecule has 9 heteroatoms. The van der Waals surface area contributed by atoms with Crippen molar-refractivity contribution in [1.29, 1.82) is 0 Å². The van der Waals surface area contributed by atoms with E-state index in [9.17, 15) is 0 Å². The SMILES string of the molecule is C=Nc1c(Sc2nccn2C)n[nH]c1/N=C(\C)N1CCC(C)(N)CC1. The summed E-state index contributed by atoms with van der Waals surface area (Å²) in [6.45, 7) is 9.58. The molecule has 3 N–H and O–H groups in total. The monoisotopic (exact) mass is 360 g/mol. The van der Waals surface area contributed by atoms with Gasteiger partial charge in [-0.1, -0.05) is 0 Å². The minimum atomic E-state index is -0.0789. The van der Waals surface area contributed by atoms with Crippen LogP contribution in [-0.2, 0) is 7.05 Å². The van der Waals surface area contributed by atoms with E-state index < -0.39 is 0 Å². The van der Waals surface area contributed by atoms with E-state index >= 15 is 0 Å². The number of nitrogens with zero attached hydrogens (tertiary/aromatic N) is 6. The van der Waals surface area contributed by atoms with Crippen molar-refractivity contribution in [2.75, 3.05) is 13.1 Å². The summed E-state index contributed by atoms with van der Waals surface area (Å²) in [5, 5.41) is 8.84. The molecule has 0 aliphatic carbocycles. The van der Waals surface area contributed by atoms with Crippen LogP contribution in [0.5, 0.6) is 0 Å². The molecule has 0 amide bonds. The zero-order valence-electron chi connectivity index (χ0n) is 14.9. The molecule has 8 nitrogen and oxygen atoms in total. The Kier molecular flexibility index (Phi) is 4.96. The standard InChI is InChI=1S/C16H24N8S/c1-11(24-8-5-16(2,17)6-9-24)20-13-12(18-3)14(22-21-13)25-15-19-7-10-23(15)4/h7,10H,3,5-6,8-9,17H2,1-2,4H3,(H,21,22)/b20-11+. The van der Waals surface area contributed by atoms with E-state index in [0.717, 1.165) is 36.9 Å². The largest absolute Gasteiger partial charge is 0.360 e. The van der Waals surface area contributed by atoms with Gasteiger partial charge in [0.25, 0.3) is 0 Å². The molecule has 134 valence electrons. The Labute approximate surface area is 151 Å². The fraction of sp³-hybridized carbons (Fsp3) is 0.500. The molecule has 0 unspecified atom stereocenters. The molecule has 0 atom stereocenters. The first-order chi connectivity index (χ1) is 11.9. The van der Waals surface area contributed by atoms with Crippen molar-refractivity contribution in [3.63, 3.8) is 0 Å². The number of piperidine rings is 1. The van der Waals surface area contributed by atoms with Gasteiger partial charge in [0.15, 0.2) is 16.0 Å². The predicted octanol–water partition coefficient (Wildman–Crippen LogP) is 2.49. The second kappa shape index (κ2) is 7.01. The van der Waals surface area contributed by atoms with Gasteiger partial charge in [-0.3, -0.25) is 10.1 Å². The van der Waals surface area contributed by atoms with E-state index in [2.05, 4.69) is 43.7 Å². The highest BCUT2D eigenvalue weighted by molar-refractivity contribution is 7.99. The summed E-state index contributed by atoms with van der Waals surface area (Å²) in [6, 6.07) is 0. The van der Waals surface area contributed by atoms with Gasteiger partial charge in [-0.25, -0.2) is 9.98 Å². The molecule has 2 aromatic heterocycles. The van der Waals surface area contributed by atoms with Gasteiger partial charge in [0.1, 0.15) is 11.5 Å². The minimum absolute atomic E-state index is 0.0789. The summed E-state index contributed by atoms with van der Waals surface area (Å²) in [6.07, 6.45) is 5.55. The molecule has 1 fully saturated rings. The summed E-state index contributed by atoms with van der Waals surface area (Å²) in [7, 11) is 1.94. The molecule has 1 aliphatic heterocycles. The number of H-pyrrole nitrogens is 1. The molecule has 0 saturated carbocycles.